The number of hydrogen-bond acceptors (Lipinski definition) is 8. The van der Waals surface area contributed by atoms with E-state index in [0.29, 0.717) is 33.4 Å². The van der Waals surface area contributed by atoms with E-state index in [0.717, 1.165) is 5.01 Å². The lowest BCUT2D eigenvalue weighted by Crippen LogP contribution is -2.16. The number of aromatic nitrogens is 3. The molecule has 0 aliphatic rings. The van der Waals surface area contributed by atoms with Gasteiger partial charge in [0, 0.05) is 11.8 Å². The van der Waals surface area contributed by atoms with Gasteiger partial charge in [-0.05, 0) is 55.0 Å². The highest BCUT2D eigenvalue weighted by atomic mass is 32.1. The van der Waals surface area contributed by atoms with Gasteiger partial charge in [-0.2, -0.15) is 14.9 Å². The second-order valence-electron chi connectivity index (χ2n) is 7.23. The van der Waals surface area contributed by atoms with Crippen molar-refractivity contribution in [3.05, 3.63) is 86.5 Å². The zero-order chi connectivity index (χ0) is 24.9. The van der Waals surface area contributed by atoms with Crippen molar-refractivity contribution in [2.45, 2.75) is 13.5 Å². The summed E-state index contributed by atoms with van der Waals surface area (Å²) >= 11 is 1.30. The first-order chi connectivity index (χ1) is 16.9. The van der Waals surface area contributed by atoms with Gasteiger partial charge in [0.25, 0.3) is 11.5 Å². The number of hydrogen-bond donors (Lipinski definition) is 1. The van der Waals surface area contributed by atoms with Crippen molar-refractivity contribution < 1.29 is 18.7 Å². The van der Waals surface area contributed by atoms with E-state index in [9.17, 15) is 19.2 Å². The fraction of sp³-hybridized carbons (Fsp3) is 0.125. The first-order valence-electron chi connectivity index (χ1n) is 10.2. The van der Waals surface area contributed by atoms with E-state index in [2.05, 4.69) is 15.4 Å². The highest BCUT2D eigenvalue weighted by Crippen LogP contribution is 2.29. The number of nitrogens with zero attached hydrogens (tertiary/aromatic N) is 4. The molecule has 2 aromatic carbocycles. The Kier molecular flexibility index (Phi) is 6.84. The molecule has 0 aliphatic heterocycles. The Morgan fingerprint density at radius 1 is 1.23 bits per heavy atom. The molecule has 4 rings (SSSR count). The van der Waals surface area contributed by atoms with Gasteiger partial charge in [0.15, 0.2) is 11.5 Å². The molecule has 0 unspecified atom stereocenters. The number of methoxy groups -OCH3 is 1. The van der Waals surface area contributed by atoms with Crippen molar-refractivity contribution in [3.8, 4) is 17.6 Å². The number of aryl methyl sites for hydroxylation is 1. The number of amides is 1. The molecule has 0 atom stereocenters. The Balaban J connectivity index is 1.50. The van der Waals surface area contributed by atoms with Crippen molar-refractivity contribution in [1.29, 1.82) is 5.26 Å². The number of rotatable bonds is 7. The number of halogens is 1. The van der Waals surface area contributed by atoms with E-state index < -0.39 is 11.7 Å². The first kappa shape index (κ1) is 23.6. The van der Waals surface area contributed by atoms with Gasteiger partial charge in [-0.1, -0.05) is 17.4 Å². The van der Waals surface area contributed by atoms with Crippen LogP contribution in [0.4, 0.5) is 10.1 Å². The maximum atomic E-state index is 13.1. The van der Waals surface area contributed by atoms with E-state index in [1.807, 2.05) is 6.07 Å². The van der Waals surface area contributed by atoms with Gasteiger partial charge in [0.05, 0.1) is 12.8 Å². The second-order valence-corrected chi connectivity index (χ2v) is 8.39. The molecule has 0 radical (unpaired) electrons. The second kappa shape index (κ2) is 10.1. The highest BCUT2D eigenvalue weighted by Gasteiger charge is 2.13. The van der Waals surface area contributed by atoms with Crippen molar-refractivity contribution in [2.24, 2.45) is 0 Å². The van der Waals surface area contributed by atoms with Gasteiger partial charge in [-0.25, -0.2) is 9.37 Å². The minimum Gasteiger partial charge on any atom is -0.493 e. The number of carbonyl (C=O) groups is 1. The Morgan fingerprint density at radius 3 is 2.71 bits per heavy atom. The number of ether oxygens (including phenoxy) is 2. The lowest BCUT2D eigenvalue weighted by molar-refractivity contribution is -0.112. The van der Waals surface area contributed by atoms with Crippen LogP contribution in [0.25, 0.3) is 11.0 Å². The van der Waals surface area contributed by atoms with E-state index in [-0.39, 0.29) is 17.7 Å². The fourth-order valence-electron chi connectivity index (χ4n) is 3.12. The molecule has 2 heterocycles. The van der Waals surface area contributed by atoms with Crippen molar-refractivity contribution >= 4 is 34.0 Å². The van der Waals surface area contributed by atoms with Crippen LogP contribution in [-0.2, 0) is 11.4 Å². The Labute approximate surface area is 202 Å². The largest absolute Gasteiger partial charge is 0.493 e. The number of nitriles is 1. The van der Waals surface area contributed by atoms with Crippen LogP contribution < -0.4 is 20.3 Å². The molecule has 176 valence electrons. The summed E-state index contributed by atoms with van der Waals surface area (Å²) < 4.78 is 25.5. The molecule has 4 aromatic rings. The highest BCUT2D eigenvalue weighted by molar-refractivity contribution is 7.16. The summed E-state index contributed by atoms with van der Waals surface area (Å²) in [5.74, 6) is -0.317. The van der Waals surface area contributed by atoms with Gasteiger partial charge >= 0.3 is 0 Å². The fourth-order valence-corrected chi connectivity index (χ4v) is 3.88. The first-order valence-corrected chi connectivity index (χ1v) is 11.0. The van der Waals surface area contributed by atoms with Crippen LogP contribution >= 0.6 is 11.3 Å². The molecule has 35 heavy (non-hydrogen) atoms. The minimum absolute atomic E-state index is 0.0256. The third kappa shape index (κ3) is 5.51. The molecule has 2 aromatic heterocycles. The quantitative estimate of drug-likeness (QED) is 0.309. The summed E-state index contributed by atoms with van der Waals surface area (Å²) in [6.07, 6.45) is 1.40. The Hall–Kier alpha value is -4.56. The Morgan fingerprint density at radius 2 is 2.00 bits per heavy atom. The van der Waals surface area contributed by atoms with Gasteiger partial charge < -0.3 is 14.8 Å². The molecule has 0 fully saturated rings. The van der Waals surface area contributed by atoms with Crippen LogP contribution in [0.3, 0.4) is 0 Å². The number of fused-ring (bicyclic) bond motifs is 1. The average molecular weight is 492 g/mol. The molecule has 1 amide bonds. The smallest absolute Gasteiger partial charge is 0.275 e. The maximum Gasteiger partial charge on any atom is 0.275 e. The van der Waals surface area contributed by atoms with Crippen LogP contribution in [-0.4, -0.2) is 27.6 Å². The number of anilines is 1. The van der Waals surface area contributed by atoms with Gasteiger partial charge in [-0.15, -0.1) is 0 Å². The molecule has 11 heteroatoms. The summed E-state index contributed by atoms with van der Waals surface area (Å²) in [4.78, 5) is 29.5. The van der Waals surface area contributed by atoms with E-state index in [1.54, 1.807) is 25.1 Å². The van der Waals surface area contributed by atoms with Crippen molar-refractivity contribution in [1.82, 2.24) is 14.6 Å². The molecule has 0 spiro atoms. The monoisotopic (exact) mass is 491 g/mol. The lowest BCUT2D eigenvalue weighted by atomic mass is 10.1. The standard InChI is InChI=1S/C24H18FN5O4S/c1-14-29-30-22(31)11-19(28-24(30)35-14)13-34-20-8-3-15(10-21(20)33-2)9-16(12-26)23(32)27-18-6-4-17(25)5-7-18/h3-11H,13H2,1-2H3,(H,27,32)/b16-9+. The van der Waals surface area contributed by atoms with Crippen LogP contribution in [0.1, 0.15) is 16.3 Å². The van der Waals surface area contributed by atoms with Crippen LogP contribution in [0.5, 0.6) is 11.5 Å². The van der Waals surface area contributed by atoms with Crippen LogP contribution in [0.2, 0.25) is 0 Å². The summed E-state index contributed by atoms with van der Waals surface area (Å²) in [7, 11) is 1.46. The summed E-state index contributed by atoms with van der Waals surface area (Å²) in [5.41, 5.74) is 0.877. The molecular formula is C24H18FN5O4S. The van der Waals surface area contributed by atoms with Crippen LogP contribution in [0.15, 0.2) is 58.9 Å². The molecule has 0 saturated heterocycles. The Bertz CT molecular complexity index is 1540. The number of nitrogens with one attached hydrogen (secondary N) is 1. The molecule has 0 aliphatic carbocycles. The number of benzene rings is 2. The van der Waals surface area contributed by atoms with E-state index in [1.165, 1.54) is 59.4 Å². The molecule has 1 N–H and O–H groups in total. The number of carbonyl (C=O) groups excluding carboxylic acids is 1. The van der Waals surface area contributed by atoms with Gasteiger partial charge in [-0.3, -0.25) is 9.59 Å². The zero-order valence-corrected chi connectivity index (χ0v) is 19.4. The molecule has 0 bridgehead atoms. The van der Waals surface area contributed by atoms with Crippen LogP contribution in [0, 0.1) is 24.1 Å². The third-order valence-corrected chi connectivity index (χ3v) is 5.56. The van der Waals surface area contributed by atoms with Crippen molar-refractivity contribution in [2.75, 3.05) is 12.4 Å². The SMILES string of the molecule is COc1cc(/C=C(\C#N)C(=O)Nc2ccc(F)cc2)ccc1OCc1cc(=O)n2nc(C)sc2n1. The normalized spacial score (nSPS) is 11.2. The molecule has 9 nitrogen and oxygen atoms in total. The predicted octanol–water partition coefficient (Wildman–Crippen LogP) is 3.73. The van der Waals surface area contributed by atoms with Gasteiger partial charge in [0.1, 0.15) is 29.1 Å². The van der Waals surface area contributed by atoms with Crippen molar-refractivity contribution in [3.63, 3.8) is 0 Å². The maximum absolute atomic E-state index is 13.1. The summed E-state index contributed by atoms with van der Waals surface area (Å²) in [6.45, 7) is 1.82. The predicted molar refractivity (Wildman–Crippen MR) is 128 cm³/mol. The topological polar surface area (TPSA) is 119 Å². The molecule has 0 saturated carbocycles. The average Bonchev–Trinajstić information content (AvgIpc) is 3.23. The minimum atomic E-state index is -0.635. The van der Waals surface area contributed by atoms with Gasteiger partial charge in [0.2, 0.25) is 4.96 Å². The zero-order valence-electron chi connectivity index (χ0n) is 18.6. The summed E-state index contributed by atoms with van der Waals surface area (Å²) in [5, 5.41) is 16.8. The summed E-state index contributed by atoms with van der Waals surface area (Å²) in [6, 6.07) is 13.3. The molecular weight excluding hydrogens is 473 g/mol. The van der Waals surface area contributed by atoms with E-state index >= 15 is 0 Å². The van der Waals surface area contributed by atoms with E-state index in [4.69, 9.17) is 9.47 Å². The lowest BCUT2D eigenvalue weighted by Gasteiger charge is -2.11. The third-order valence-electron chi connectivity index (χ3n) is 4.74.